The highest BCUT2D eigenvalue weighted by molar-refractivity contribution is 6.76. The fourth-order valence-corrected chi connectivity index (χ4v) is 14.9. The van der Waals surface area contributed by atoms with Crippen LogP contribution in [0.3, 0.4) is 0 Å². The Labute approximate surface area is 567 Å². The van der Waals surface area contributed by atoms with Crippen LogP contribution in [0.25, 0.3) is 0 Å². The van der Waals surface area contributed by atoms with Crippen molar-refractivity contribution in [3.8, 4) is 0 Å². The van der Waals surface area contributed by atoms with Crippen molar-refractivity contribution >= 4 is 108 Å². The molecule has 3 aliphatic rings. The molecule has 506 valence electrons. The van der Waals surface area contributed by atoms with E-state index in [4.69, 9.17) is 146 Å². The molecule has 21 nitrogen and oxygen atoms in total. The summed E-state index contributed by atoms with van der Waals surface area (Å²) in [5, 5.41) is 11.6. The zero-order valence-electron chi connectivity index (χ0n) is 52.2. The van der Waals surface area contributed by atoms with Crippen molar-refractivity contribution in [1.82, 2.24) is 5.32 Å². The van der Waals surface area contributed by atoms with Crippen LogP contribution in [0.1, 0.15) is 77.6 Å². The van der Waals surface area contributed by atoms with Gasteiger partial charge >= 0.3 is 24.0 Å². The molecular formula is C64H80Cl6N2O19Si. The van der Waals surface area contributed by atoms with Gasteiger partial charge in [-0.05, 0) is 46.8 Å². The zero-order chi connectivity index (χ0) is 66.8. The molecule has 0 radical (unpaired) electrons. The number of amides is 1. The summed E-state index contributed by atoms with van der Waals surface area (Å²) in [7, 11) is -2.87. The summed E-state index contributed by atoms with van der Waals surface area (Å²) in [5.74, 6) is -3.15. The topological polar surface area (TPSA) is 243 Å². The Morgan fingerprint density at radius 3 is 1.39 bits per heavy atom. The van der Waals surface area contributed by atoms with Gasteiger partial charge in [0.15, 0.2) is 39.2 Å². The molecule has 15 atom stereocenters. The quantitative estimate of drug-likeness (QED) is 0.0128. The lowest BCUT2D eigenvalue weighted by molar-refractivity contribution is -0.375. The van der Waals surface area contributed by atoms with Crippen LogP contribution < -0.4 is 5.32 Å². The highest BCUT2D eigenvalue weighted by Gasteiger charge is 2.60. The second-order valence-electron chi connectivity index (χ2n) is 22.6. The van der Waals surface area contributed by atoms with Gasteiger partial charge in [0, 0.05) is 20.8 Å². The summed E-state index contributed by atoms with van der Waals surface area (Å²) in [5.41, 5.74) is 3.00. The molecule has 4 aromatic carbocycles. The molecule has 4 aromatic rings. The third-order valence-electron chi connectivity index (χ3n) is 15.6. The lowest BCUT2D eigenvalue weighted by atomic mass is 9.94. The third-order valence-corrected chi connectivity index (χ3v) is 21.7. The highest BCUT2D eigenvalue weighted by atomic mass is 35.6. The number of benzene rings is 4. The molecule has 7 rings (SSSR count). The molecule has 3 aliphatic heterocycles. The molecule has 92 heavy (non-hydrogen) atoms. The summed E-state index contributed by atoms with van der Waals surface area (Å²) in [6.07, 6.45) is -21.5. The van der Waals surface area contributed by atoms with Crippen LogP contribution in [-0.2, 0) is 112 Å². The number of carbonyl (C=O) groups is 4. The van der Waals surface area contributed by atoms with Gasteiger partial charge in [-0.3, -0.25) is 19.8 Å². The smallest absolute Gasteiger partial charge is 0.407 e. The number of rotatable bonds is 29. The van der Waals surface area contributed by atoms with Crippen molar-refractivity contribution in [2.24, 2.45) is 0 Å². The Morgan fingerprint density at radius 1 is 0.533 bits per heavy atom. The van der Waals surface area contributed by atoms with Crippen molar-refractivity contribution in [1.29, 1.82) is 5.41 Å². The Kier molecular flexibility index (Phi) is 29.0. The molecule has 3 heterocycles. The molecule has 0 aromatic heterocycles. The first-order valence-corrected chi connectivity index (χ1v) is 34.8. The van der Waals surface area contributed by atoms with Crippen molar-refractivity contribution in [3.05, 3.63) is 144 Å². The summed E-state index contributed by atoms with van der Waals surface area (Å²) in [6.45, 7) is 12.0. The van der Waals surface area contributed by atoms with Gasteiger partial charge in [0.05, 0.1) is 45.7 Å². The molecular weight excluding hydrogens is 1340 g/mol. The summed E-state index contributed by atoms with van der Waals surface area (Å²) in [6, 6.07) is 36.4. The van der Waals surface area contributed by atoms with E-state index in [-0.39, 0.29) is 45.2 Å². The lowest BCUT2D eigenvalue weighted by Crippen LogP contribution is -2.71. The predicted molar refractivity (Wildman–Crippen MR) is 345 cm³/mol. The maximum absolute atomic E-state index is 14.4. The van der Waals surface area contributed by atoms with E-state index >= 15 is 0 Å². The number of carbonyl (C=O) groups excluding carboxylic acids is 4. The van der Waals surface area contributed by atoms with Crippen LogP contribution in [0.15, 0.2) is 121 Å². The molecule has 28 heteroatoms. The van der Waals surface area contributed by atoms with E-state index in [0.717, 1.165) is 16.7 Å². The van der Waals surface area contributed by atoms with E-state index in [1.807, 2.05) is 97.1 Å². The predicted octanol–water partition coefficient (Wildman–Crippen LogP) is 12.0. The Balaban J connectivity index is 1.47. The molecule has 0 aliphatic carbocycles. The molecule has 0 bridgehead atoms. The van der Waals surface area contributed by atoms with E-state index in [0.29, 0.717) is 17.7 Å². The van der Waals surface area contributed by atoms with Gasteiger partial charge in [0.25, 0.3) is 3.79 Å². The van der Waals surface area contributed by atoms with Gasteiger partial charge in [-0.25, -0.2) is 4.79 Å². The normalized spacial score (nSPS) is 26.9. The molecule has 2 N–H and O–H groups in total. The number of esters is 3. The van der Waals surface area contributed by atoms with Crippen molar-refractivity contribution in [2.45, 2.75) is 199 Å². The SMILES string of the molecule is CC[Si](CC)(O[C@H]1[C@@H](OC(C)=O)[C@@H](COCc2ccccc2)O[C@@H](O[C@H]2[C@H](O[C@@H]3O[C@@H](C)[C@@H](OC(C)=O)[C@@H](OC(C)=O)[C@@H]3OCc3ccccc3)[C@@H](NC(=O)OCC(Cl)(Cl)Cl)[C@H](OC(=N)C(Cl)(Cl)Cl)O[C@@H]2COCc2ccccc2)[C@@H]1OCc1ccccc1)C(C)C. The number of alkyl halides is 6. The number of hydrogen-bond donors (Lipinski definition) is 2. The van der Waals surface area contributed by atoms with Gasteiger partial charge in [0.2, 0.25) is 16.0 Å². The molecule has 0 spiro atoms. The molecule has 0 saturated carbocycles. The van der Waals surface area contributed by atoms with Crippen LogP contribution in [0, 0.1) is 5.41 Å². The fourth-order valence-electron chi connectivity index (χ4n) is 11.0. The van der Waals surface area contributed by atoms with E-state index in [1.54, 1.807) is 31.2 Å². The number of nitrogens with one attached hydrogen (secondary N) is 2. The average Bonchev–Trinajstić information content (AvgIpc) is 0.763. The van der Waals surface area contributed by atoms with Crippen molar-refractivity contribution < 1.29 is 89.9 Å². The third kappa shape index (κ3) is 22.1. The van der Waals surface area contributed by atoms with Gasteiger partial charge in [-0.15, -0.1) is 0 Å². The van der Waals surface area contributed by atoms with Crippen molar-refractivity contribution in [2.75, 3.05) is 19.8 Å². The van der Waals surface area contributed by atoms with Crippen LogP contribution in [0.5, 0.6) is 0 Å². The number of alkyl carbamates (subject to hydrolysis) is 1. The van der Waals surface area contributed by atoms with Gasteiger partial charge in [-0.2, -0.15) is 0 Å². The van der Waals surface area contributed by atoms with Gasteiger partial charge in [0.1, 0.15) is 55.4 Å². The molecule has 3 saturated heterocycles. The summed E-state index contributed by atoms with van der Waals surface area (Å²) < 4.78 is 94.7. The first kappa shape index (κ1) is 75.0. The van der Waals surface area contributed by atoms with Crippen molar-refractivity contribution in [3.63, 3.8) is 0 Å². The molecule has 0 unspecified atom stereocenters. The summed E-state index contributed by atoms with van der Waals surface area (Å²) in [4.78, 5) is 54.1. The number of ether oxygens (including phenoxy) is 14. The average molecular weight is 1420 g/mol. The van der Waals surface area contributed by atoms with Crippen LogP contribution in [0.4, 0.5) is 4.79 Å². The molecule has 3 fully saturated rings. The Morgan fingerprint density at radius 2 is 0.946 bits per heavy atom. The second kappa shape index (κ2) is 35.5. The maximum Gasteiger partial charge on any atom is 0.407 e. The fraction of sp³-hybridized carbons (Fsp3) is 0.547. The molecule has 1 amide bonds. The van der Waals surface area contributed by atoms with Crippen LogP contribution in [-0.4, -0.2) is 158 Å². The monoisotopic (exact) mass is 1420 g/mol. The van der Waals surface area contributed by atoms with E-state index in [2.05, 4.69) is 33.0 Å². The maximum atomic E-state index is 14.4. The van der Waals surface area contributed by atoms with E-state index < -0.39 is 144 Å². The summed E-state index contributed by atoms with van der Waals surface area (Å²) >= 11 is 37.4. The minimum atomic E-state index is -2.87. The lowest BCUT2D eigenvalue weighted by Gasteiger charge is -2.52. The van der Waals surface area contributed by atoms with Crippen LogP contribution >= 0.6 is 69.6 Å². The standard InChI is InChI=1S/C64H80Cl6N2O19Si/c1-9-92(10-2,38(3)4)91-55-52(84-41(7)74)48(36-78-32-44-25-17-12-18-26-44)87-60(57(55)80-34-46-29-21-14-22-30-46)88-51-47(35-77-31-43-23-15-11-16-24-43)86-58(90-61(71)64(68,69)70)49(72-62(76)81-37-63(65,66)67)53(51)89-59-56(79-33-45-27-19-13-20-28-45)54(85-42(8)75)50(39(5)82-59)83-40(6)73/h11-30,38-39,47-60,71H,9-10,31-37H2,1-8H3,(H,72,76)/t39-,47+,48+,49+,50+,51+,52-,53+,54+,55-,56-,57+,58-,59-,60-/m0/s1. The number of halogens is 6. The van der Waals surface area contributed by atoms with Crippen LogP contribution in [0.2, 0.25) is 17.6 Å². The minimum Gasteiger partial charge on any atom is -0.457 e. The highest BCUT2D eigenvalue weighted by Crippen LogP contribution is 2.42. The Hall–Kier alpha value is -4.41. The first-order valence-electron chi connectivity index (χ1n) is 30.1. The van der Waals surface area contributed by atoms with E-state index in [9.17, 15) is 19.2 Å². The first-order chi connectivity index (χ1) is 43.8. The number of hydrogen-bond acceptors (Lipinski definition) is 20. The zero-order valence-corrected chi connectivity index (χ0v) is 57.7. The Bertz CT molecular complexity index is 2940. The largest absolute Gasteiger partial charge is 0.457 e. The van der Waals surface area contributed by atoms with E-state index in [1.165, 1.54) is 20.8 Å². The minimum absolute atomic E-state index is 0.000775. The van der Waals surface area contributed by atoms with Gasteiger partial charge < -0.3 is 76.1 Å². The van der Waals surface area contributed by atoms with Gasteiger partial charge in [-0.1, -0.05) is 219 Å². The second-order valence-corrected chi connectivity index (χ2v) is 32.3.